The lowest BCUT2D eigenvalue weighted by molar-refractivity contribution is 0.0956. The Kier molecular flexibility index (Phi) is 5.07. The third-order valence-electron chi connectivity index (χ3n) is 4.06. The molecule has 5 heteroatoms. The van der Waals surface area contributed by atoms with Crippen LogP contribution >= 0.6 is 0 Å². The summed E-state index contributed by atoms with van der Waals surface area (Å²) in [6.07, 6.45) is 2.60. The fourth-order valence-corrected chi connectivity index (χ4v) is 2.36. The van der Waals surface area contributed by atoms with Crippen LogP contribution in [-0.4, -0.2) is 43.0 Å². The summed E-state index contributed by atoms with van der Waals surface area (Å²) in [5, 5.41) is 6.17. The molecule has 1 fully saturated rings. The summed E-state index contributed by atoms with van der Waals surface area (Å²) < 4.78 is 0. The topological polar surface area (TPSA) is 70.4 Å². The molecule has 5 nitrogen and oxygen atoms in total. The van der Waals surface area contributed by atoms with Gasteiger partial charge in [0.05, 0.1) is 11.4 Å². The Bertz CT molecular complexity index is 499. The molecule has 0 bridgehead atoms. The predicted octanol–water partition coefficient (Wildman–Crippen LogP) is 1.91. The van der Waals surface area contributed by atoms with Crippen molar-refractivity contribution in [3.05, 3.63) is 23.8 Å². The van der Waals surface area contributed by atoms with Crippen molar-refractivity contribution in [3.8, 4) is 0 Å². The molecule has 1 aliphatic rings. The number of carbonyl (C=O) groups excluding carboxylic acids is 1. The minimum absolute atomic E-state index is 0.0660. The van der Waals surface area contributed by atoms with Gasteiger partial charge >= 0.3 is 0 Å². The van der Waals surface area contributed by atoms with Crippen LogP contribution in [-0.2, 0) is 0 Å². The largest absolute Gasteiger partial charge is 0.397 e. The summed E-state index contributed by atoms with van der Waals surface area (Å²) in [6, 6.07) is 6.53. The molecule has 1 saturated carbocycles. The molecule has 1 aliphatic carbocycles. The monoisotopic (exact) mass is 290 g/mol. The number of amides is 1. The van der Waals surface area contributed by atoms with Gasteiger partial charge in [-0.3, -0.25) is 9.69 Å². The summed E-state index contributed by atoms with van der Waals surface area (Å²) >= 11 is 0. The van der Waals surface area contributed by atoms with Gasteiger partial charge < -0.3 is 16.4 Å². The number of nitrogens with two attached hydrogens (primary N) is 1. The number of benzene rings is 1. The van der Waals surface area contributed by atoms with Crippen LogP contribution in [0.3, 0.4) is 0 Å². The molecule has 0 saturated heterocycles. The molecule has 0 heterocycles. The van der Waals surface area contributed by atoms with Gasteiger partial charge in [0, 0.05) is 30.7 Å². The van der Waals surface area contributed by atoms with E-state index in [-0.39, 0.29) is 5.91 Å². The van der Waals surface area contributed by atoms with E-state index < -0.39 is 0 Å². The molecule has 21 heavy (non-hydrogen) atoms. The molecule has 2 rings (SSSR count). The van der Waals surface area contributed by atoms with Crippen molar-refractivity contribution in [1.82, 2.24) is 10.2 Å². The Hall–Kier alpha value is -1.75. The molecule has 116 valence electrons. The lowest BCUT2D eigenvalue weighted by Crippen LogP contribution is -2.36. The maximum atomic E-state index is 11.9. The van der Waals surface area contributed by atoms with Crippen molar-refractivity contribution in [3.63, 3.8) is 0 Å². The molecule has 0 aliphatic heterocycles. The first-order valence-corrected chi connectivity index (χ1v) is 7.66. The van der Waals surface area contributed by atoms with Gasteiger partial charge in [0.15, 0.2) is 0 Å². The second-order valence-corrected chi connectivity index (χ2v) is 5.79. The minimum atomic E-state index is -0.0660. The van der Waals surface area contributed by atoms with Crippen molar-refractivity contribution in [2.24, 2.45) is 0 Å². The van der Waals surface area contributed by atoms with E-state index in [9.17, 15) is 4.79 Å². The first-order valence-electron chi connectivity index (χ1n) is 7.66. The highest BCUT2D eigenvalue weighted by Gasteiger charge is 2.28. The summed E-state index contributed by atoms with van der Waals surface area (Å²) in [7, 11) is 2.17. The predicted molar refractivity (Wildman–Crippen MR) is 87.6 cm³/mol. The van der Waals surface area contributed by atoms with Crippen LogP contribution in [0.4, 0.5) is 11.4 Å². The normalized spacial score (nSPS) is 15.8. The van der Waals surface area contributed by atoms with Crippen molar-refractivity contribution in [1.29, 1.82) is 0 Å². The third-order valence-corrected chi connectivity index (χ3v) is 4.06. The number of rotatable bonds is 7. The van der Waals surface area contributed by atoms with Crippen molar-refractivity contribution < 1.29 is 4.79 Å². The molecule has 1 amide bonds. The fourth-order valence-electron chi connectivity index (χ4n) is 2.36. The van der Waals surface area contributed by atoms with E-state index >= 15 is 0 Å². The van der Waals surface area contributed by atoms with E-state index in [1.165, 1.54) is 12.8 Å². The fraction of sp³-hybridized carbons (Fsp3) is 0.562. The van der Waals surface area contributed by atoms with Gasteiger partial charge in [-0.25, -0.2) is 0 Å². The van der Waals surface area contributed by atoms with Crippen molar-refractivity contribution >= 4 is 17.3 Å². The van der Waals surface area contributed by atoms with E-state index in [4.69, 9.17) is 5.73 Å². The number of hydrogen-bond acceptors (Lipinski definition) is 4. The van der Waals surface area contributed by atoms with Gasteiger partial charge in [-0.05, 0) is 51.9 Å². The van der Waals surface area contributed by atoms with Crippen LogP contribution < -0.4 is 16.4 Å². The van der Waals surface area contributed by atoms with Gasteiger partial charge in [-0.2, -0.15) is 0 Å². The number of hydrogen-bond donors (Lipinski definition) is 3. The molecular weight excluding hydrogens is 264 g/mol. The Labute approximate surface area is 126 Å². The average molecular weight is 290 g/mol. The van der Waals surface area contributed by atoms with Crippen LogP contribution in [0, 0.1) is 0 Å². The zero-order chi connectivity index (χ0) is 15.4. The van der Waals surface area contributed by atoms with Gasteiger partial charge in [0.25, 0.3) is 5.91 Å². The first kappa shape index (κ1) is 15.6. The van der Waals surface area contributed by atoms with E-state index in [1.54, 1.807) is 12.1 Å². The first-order chi connectivity index (χ1) is 10.0. The van der Waals surface area contributed by atoms with E-state index in [0.29, 0.717) is 23.8 Å². The zero-order valence-corrected chi connectivity index (χ0v) is 13.1. The second-order valence-electron chi connectivity index (χ2n) is 5.79. The summed E-state index contributed by atoms with van der Waals surface area (Å²) in [6.45, 7) is 5.55. The maximum Gasteiger partial charge on any atom is 0.251 e. The minimum Gasteiger partial charge on any atom is -0.397 e. The van der Waals surface area contributed by atoms with E-state index in [1.807, 2.05) is 13.0 Å². The standard InChI is InChI=1S/C16H26N4O/c1-4-18-16(21)12-5-8-14(17)15(9-12)19-10-11(2)20(3)13-6-7-13/h5,8-9,11,13,19H,4,6-7,10,17H2,1-3H3,(H,18,21). The number of nitrogen functional groups attached to an aromatic ring is 1. The quantitative estimate of drug-likeness (QED) is 0.671. The summed E-state index contributed by atoms with van der Waals surface area (Å²) in [4.78, 5) is 14.3. The zero-order valence-electron chi connectivity index (χ0n) is 13.1. The number of carbonyl (C=O) groups is 1. The molecule has 1 unspecified atom stereocenters. The van der Waals surface area contributed by atoms with Crippen LogP contribution in [0.2, 0.25) is 0 Å². The molecule has 0 spiro atoms. The Morgan fingerprint density at radius 2 is 2.19 bits per heavy atom. The van der Waals surface area contributed by atoms with Crippen LogP contribution in [0.15, 0.2) is 18.2 Å². The van der Waals surface area contributed by atoms with Crippen molar-refractivity contribution in [2.45, 2.75) is 38.8 Å². The van der Waals surface area contributed by atoms with Gasteiger partial charge in [0.2, 0.25) is 0 Å². The van der Waals surface area contributed by atoms with Crippen LogP contribution in [0.1, 0.15) is 37.0 Å². The highest BCUT2D eigenvalue weighted by Crippen LogP contribution is 2.27. The molecule has 1 aromatic rings. The van der Waals surface area contributed by atoms with E-state index in [0.717, 1.165) is 18.3 Å². The van der Waals surface area contributed by atoms with Crippen LogP contribution in [0.25, 0.3) is 0 Å². The summed E-state index contributed by atoms with van der Waals surface area (Å²) in [5.41, 5.74) is 8.13. The number of nitrogens with zero attached hydrogens (tertiary/aromatic N) is 1. The smallest absolute Gasteiger partial charge is 0.251 e. The number of nitrogens with one attached hydrogen (secondary N) is 2. The van der Waals surface area contributed by atoms with Crippen molar-refractivity contribution in [2.75, 3.05) is 31.2 Å². The lowest BCUT2D eigenvalue weighted by atomic mass is 10.1. The lowest BCUT2D eigenvalue weighted by Gasteiger charge is -2.25. The molecular formula is C16H26N4O. The summed E-state index contributed by atoms with van der Waals surface area (Å²) in [5.74, 6) is -0.0660. The highest BCUT2D eigenvalue weighted by molar-refractivity contribution is 5.96. The Morgan fingerprint density at radius 3 is 2.81 bits per heavy atom. The molecule has 0 aromatic heterocycles. The van der Waals surface area contributed by atoms with Gasteiger partial charge in [-0.1, -0.05) is 0 Å². The van der Waals surface area contributed by atoms with E-state index in [2.05, 4.69) is 29.5 Å². The molecule has 0 radical (unpaired) electrons. The SMILES string of the molecule is CCNC(=O)c1ccc(N)c(NCC(C)N(C)C2CC2)c1. The Morgan fingerprint density at radius 1 is 1.48 bits per heavy atom. The molecule has 1 aromatic carbocycles. The third kappa shape index (κ3) is 4.11. The van der Waals surface area contributed by atoms with Gasteiger partial charge in [-0.15, -0.1) is 0 Å². The Balaban J connectivity index is 1.98. The molecule has 1 atom stereocenters. The highest BCUT2D eigenvalue weighted by atomic mass is 16.1. The number of likely N-dealkylation sites (N-methyl/N-ethyl adjacent to an activating group) is 1. The van der Waals surface area contributed by atoms with Crippen LogP contribution in [0.5, 0.6) is 0 Å². The van der Waals surface area contributed by atoms with Gasteiger partial charge in [0.1, 0.15) is 0 Å². The number of anilines is 2. The average Bonchev–Trinajstić information content (AvgIpc) is 3.30. The molecule has 4 N–H and O–H groups in total. The second kappa shape index (κ2) is 6.80. The maximum absolute atomic E-state index is 11.9.